The molecule has 2 heterocycles. The largest absolute Gasteiger partial charge is 0.464 e. The molecule has 3 aromatic rings. The number of amides is 2. The zero-order valence-corrected chi connectivity index (χ0v) is 25.5. The van der Waals surface area contributed by atoms with Crippen molar-refractivity contribution in [2.24, 2.45) is 0 Å². The van der Waals surface area contributed by atoms with Crippen molar-refractivity contribution in [2.75, 3.05) is 44.0 Å². The highest BCUT2D eigenvalue weighted by Crippen LogP contribution is 2.17. The molecule has 1 aromatic carbocycles. The van der Waals surface area contributed by atoms with Gasteiger partial charge in [0.1, 0.15) is 6.04 Å². The Labute approximate surface area is 255 Å². The highest BCUT2D eigenvalue weighted by molar-refractivity contribution is 7.12. The van der Waals surface area contributed by atoms with Gasteiger partial charge in [-0.1, -0.05) is 18.2 Å². The number of benzene rings is 1. The van der Waals surface area contributed by atoms with Crippen molar-refractivity contribution >= 4 is 47.0 Å². The number of ether oxygens (including phenoxy) is 2. The summed E-state index contributed by atoms with van der Waals surface area (Å²) in [6.45, 7) is 6.79. The molecule has 0 aliphatic carbocycles. The minimum Gasteiger partial charge on any atom is -0.464 e. The van der Waals surface area contributed by atoms with Gasteiger partial charge < -0.3 is 36.6 Å². The van der Waals surface area contributed by atoms with Crippen LogP contribution in [0.25, 0.3) is 0 Å². The summed E-state index contributed by atoms with van der Waals surface area (Å²) in [6, 6.07) is 7.89. The molecular weight excluding hydrogens is 570 g/mol. The Balaban J connectivity index is 1.62. The van der Waals surface area contributed by atoms with E-state index < -0.39 is 17.9 Å². The third-order valence-corrected chi connectivity index (χ3v) is 7.33. The summed E-state index contributed by atoms with van der Waals surface area (Å²) in [5.41, 5.74) is 9.35. The fraction of sp³-hybridized carbons (Fsp3) is 0.400. The Morgan fingerprint density at radius 1 is 1.07 bits per heavy atom. The molecule has 0 saturated carbocycles. The van der Waals surface area contributed by atoms with Crippen LogP contribution in [0, 0.1) is 19.3 Å². The maximum atomic E-state index is 13.3. The van der Waals surface area contributed by atoms with Gasteiger partial charge >= 0.3 is 5.97 Å². The first-order chi connectivity index (χ1) is 20.7. The monoisotopic (exact) mass is 609 g/mol. The standard InChI is InChI=1S/C30H39N7O5S/c1-4-41-14-8-15-42-29(40)24(18-34-27(38)25-12-7-16-43-25)37-28(39)26-19(2)35-30(36-20(26)3)33-13-6-10-21-9-5-11-23(32)22(21)17-31/h5,7,9,11-12,16-17,24,31H,4,6,8,10,13-15,18,32H2,1-3H3,(H,34,38)(H,37,39)(H,33,35,36)/t24-/m0/s1. The normalized spacial score (nSPS) is 11.4. The number of carbonyl (C=O) groups excluding carboxylic acids is 3. The maximum absolute atomic E-state index is 13.3. The fourth-order valence-corrected chi connectivity index (χ4v) is 4.96. The van der Waals surface area contributed by atoms with Crippen LogP contribution in [0.3, 0.4) is 0 Å². The molecule has 3 rings (SSSR count). The van der Waals surface area contributed by atoms with E-state index in [1.165, 1.54) is 17.6 Å². The van der Waals surface area contributed by atoms with Crippen molar-refractivity contribution in [3.8, 4) is 0 Å². The van der Waals surface area contributed by atoms with Crippen molar-refractivity contribution in [1.29, 1.82) is 5.41 Å². The first-order valence-electron chi connectivity index (χ1n) is 14.1. The number of aromatic nitrogens is 2. The van der Waals surface area contributed by atoms with Crippen molar-refractivity contribution in [3.05, 3.63) is 68.7 Å². The van der Waals surface area contributed by atoms with Crippen molar-refractivity contribution in [1.82, 2.24) is 20.6 Å². The van der Waals surface area contributed by atoms with Crippen LogP contribution in [-0.2, 0) is 20.7 Å². The molecular formula is C30H39N7O5S. The first-order valence-corrected chi connectivity index (χ1v) is 15.0. The zero-order valence-electron chi connectivity index (χ0n) is 24.7. The molecule has 12 nitrogen and oxygen atoms in total. The van der Waals surface area contributed by atoms with E-state index in [0.717, 1.165) is 17.5 Å². The van der Waals surface area contributed by atoms with E-state index >= 15 is 0 Å². The zero-order chi connectivity index (χ0) is 31.2. The van der Waals surface area contributed by atoms with E-state index in [0.29, 0.717) is 60.5 Å². The Morgan fingerprint density at radius 3 is 2.51 bits per heavy atom. The lowest BCUT2D eigenvalue weighted by atomic mass is 10.0. The highest BCUT2D eigenvalue weighted by atomic mass is 32.1. The second-order valence-electron chi connectivity index (χ2n) is 9.62. The van der Waals surface area contributed by atoms with Crippen molar-refractivity contribution in [2.45, 2.75) is 46.1 Å². The van der Waals surface area contributed by atoms with Gasteiger partial charge in [0.15, 0.2) is 0 Å². The first kappa shape index (κ1) is 33.1. The third kappa shape index (κ3) is 9.86. The number of rotatable bonds is 17. The molecule has 1 atom stereocenters. The molecule has 6 N–H and O–H groups in total. The number of nitrogens with zero attached hydrogens (tertiary/aromatic N) is 2. The van der Waals surface area contributed by atoms with Gasteiger partial charge in [0.2, 0.25) is 5.95 Å². The van der Waals surface area contributed by atoms with Crippen LogP contribution in [0.5, 0.6) is 0 Å². The molecule has 0 fully saturated rings. The number of nitrogens with one attached hydrogen (secondary N) is 4. The lowest BCUT2D eigenvalue weighted by molar-refractivity contribution is -0.146. The summed E-state index contributed by atoms with van der Waals surface area (Å²) in [5, 5.41) is 18.0. The van der Waals surface area contributed by atoms with Gasteiger partial charge in [-0.2, -0.15) is 0 Å². The molecule has 0 unspecified atom stereocenters. The molecule has 2 aromatic heterocycles. The maximum Gasteiger partial charge on any atom is 0.330 e. The molecule has 0 radical (unpaired) electrons. The number of anilines is 2. The number of thiophene rings is 1. The Bertz CT molecular complexity index is 1370. The fourth-order valence-electron chi connectivity index (χ4n) is 4.32. The summed E-state index contributed by atoms with van der Waals surface area (Å²) in [6.07, 6.45) is 3.24. The van der Waals surface area contributed by atoms with Gasteiger partial charge in [0, 0.05) is 50.2 Å². The third-order valence-electron chi connectivity index (χ3n) is 6.46. The number of hydrogen-bond donors (Lipinski definition) is 5. The number of esters is 1. The van der Waals surface area contributed by atoms with E-state index in [1.54, 1.807) is 37.4 Å². The van der Waals surface area contributed by atoms with E-state index in [4.69, 9.17) is 20.6 Å². The second kappa shape index (κ2) is 16.9. The van der Waals surface area contributed by atoms with Crippen LogP contribution >= 0.6 is 11.3 Å². The minimum atomic E-state index is -1.13. The number of carbonyl (C=O) groups is 3. The number of nitrogen functional groups attached to an aromatic ring is 1. The molecule has 0 aliphatic heterocycles. The van der Waals surface area contributed by atoms with Gasteiger partial charge in [-0.05, 0) is 56.7 Å². The lowest BCUT2D eigenvalue weighted by Gasteiger charge is -2.19. The average molecular weight is 610 g/mol. The van der Waals surface area contributed by atoms with Crippen molar-refractivity contribution in [3.63, 3.8) is 0 Å². The molecule has 43 heavy (non-hydrogen) atoms. The Kier molecular flexibility index (Phi) is 13.0. The minimum absolute atomic E-state index is 0.117. The highest BCUT2D eigenvalue weighted by Gasteiger charge is 2.26. The second-order valence-corrected chi connectivity index (χ2v) is 10.6. The molecule has 0 saturated heterocycles. The smallest absolute Gasteiger partial charge is 0.330 e. The number of aryl methyl sites for hydroxylation is 3. The molecule has 13 heteroatoms. The molecule has 230 valence electrons. The topological polar surface area (TPSA) is 181 Å². The van der Waals surface area contributed by atoms with E-state index in [2.05, 4.69) is 25.9 Å². The summed E-state index contributed by atoms with van der Waals surface area (Å²) in [5.74, 6) is -1.20. The quantitative estimate of drug-likeness (QED) is 0.0664. The molecule has 0 bridgehead atoms. The summed E-state index contributed by atoms with van der Waals surface area (Å²) in [7, 11) is 0. The Morgan fingerprint density at radius 2 is 1.84 bits per heavy atom. The van der Waals surface area contributed by atoms with Gasteiger partial charge in [0.25, 0.3) is 11.8 Å². The van der Waals surface area contributed by atoms with E-state index in [-0.39, 0.29) is 24.6 Å². The lowest BCUT2D eigenvalue weighted by Crippen LogP contribution is -2.49. The predicted octanol–water partition coefficient (Wildman–Crippen LogP) is 3.28. The van der Waals surface area contributed by atoms with Crippen LogP contribution in [0.4, 0.5) is 11.6 Å². The van der Waals surface area contributed by atoms with Crippen molar-refractivity contribution < 1.29 is 23.9 Å². The average Bonchev–Trinajstić information content (AvgIpc) is 3.52. The molecule has 0 spiro atoms. The van der Waals surface area contributed by atoms with E-state index in [1.807, 2.05) is 19.1 Å². The Hall–Kier alpha value is -4.36. The van der Waals surface area contributed by atoms with Crippen LogP contribution in [-0.4, -0.2) is 72.9 Å². The summed E-state index contributed by atoms with van der Waals surface area (Å²) >= 11 is 1.27. The van der Waals surface area contributed by atoms with Crippen LogP contribution in [0.1, 0.15) is 62.3 Å². The number of hydrogen-bond acceptors (Lipinski definition) is 11. The summed E-state index contributed by atoms with van der Waals surface area (Å²) < 4.78 is 10.6. The predicted molar refractivity (Wildman–Crippen MR) is 167 cm³/mol. The van der Waals surface area contributed by atoms with Gasteiger partial charge in [-0.25, -0.2) is 14.8 Å². The number of nitrogens with two attached hydrogens (primary N) is 1. The van der Waals surface area contributed by atoms with Gasteiger partial charge in [0.05, 0.1) is 28.4 Å². The SMILES string of the molecule is CCOCCCOC(=O)[C@H](CNC(=O)c1cccs1)NC(=O)c1c(C)nc(NCCCc2cccc(N)c2C=N)nc1C. The van der Waals surface area contributed by atoms with Gasteiger partial charge in [-0.3, -0.25) is 9.59 Å². The van der Waals surface area contributed by atoms with E-state index in [9.17, 15) is 14.4 Å². The van der Waals surface area contributed by atoms with Gasteiger partial charge in [-0.15, -0.1) is 11.3 Å². The van der Waals surface area contributed by atoms with Crippen LogP contribution in [0.2, 0.25) is 0 Å². The molecule has 2 amide bonds. The van der Waals surface area contributed by atoms with Crippen LogP contribution in [0.15, 0.2) is 35.7 Å². The summed E-state index contributed by atoms with van der Waals surface area (Å²) in [4.78, 5) is 48.1. The molecule has 0 aliphatic rings. The van der Waals surface area contributed by atoms with Crippen LogP contribution < -0.4 is 21.7 Å².